The molecule has 0 atom stereocenters. The fraction of sp³-hybridized carbons (Fsp3) is 0.267. The number of carbonyl (C=O) groups is 1. The van der Waals surface area contributed by atoms with E-state index in [4.69, 9.17) is 11.5 Å². The Morgan fingerprint density at radius 2 is 1.91 bits per heavy atom. The lowest BCUT2D eigenvalue weighted by Gasteiger charge is -2.05. The third-order valence-electron chi connectivity index (χ3n) is 3.02. The highest BCUT2D eigenvalue weighted by Gasteiger charge is 2.06. The first kappa shape index (κ1) is 21.5. The maximum atomic E-state index is 10.7. The number of hydrogen-bond donors (Lipinski definition) is 4. The molecule has 0 saturated heterocycles. The summed E-state index contributed by atoms with van der Waals surface area (Å²) in [5, 5.41) is 8.12. The van der Waals surface area contributed by atoms with Gasteiger partial charge in [0.15, 0.2) is 0 Å². The van der Waals surface area contributed by atoms with Crippen LogP contribution >= 0.6 is 36.2 Å². The minimum Gasteiger partial charge on any atom is -0.399 e. The van der Waals surface area contributed by atoms with Crippen molar-refractivity contribution in [3.05, 3.63) is 34.5 Å². The standard InChI is InChI=1S/C15H20N4OS.2ClH/c1-10(20)19-5-4-18-8-13-6-11(9-21-13)14-7-12(16)2-3-15(14)17;;/h2-3,6-7,9,18H,4-5,8,16-17H2,1H3,(H,19,20);2*1H. The van der Waals surface area contributed by atoms with E-state index < -0.39 is 0 Å². The zero-order valence-electron chi connectivity index (χ0n) is 12.8. The van der Waals surface area contributed by atoms with E-state index in [1.807, 2.05) is 12.1 Å². The zero-order chi connectivity index (χ0) is 15.2. The fourth-order valence-electron chi connectivity index (χ4n) is 1.98. The van der Waals surface area contributed by atoms with Crippen molar-refractivity contribution in [2.24, 2.45) is 0 Å². The maximum absolute atomic E-state index is 10.7. The molecule has 0 radical (unpaired) electrons. The highest BCUT2D eigenvalue weighted by atomic mass is 35.5. The van der Waals surface area contributed by atoms with Crippen LogP contribution in [0.2, 0.25) is 0 Å². The van der Waals surface area contributed by atoms with E-state index >= 15 is 0 Å². The van der Waals surface area contributed by atoms with Crippen LogP contribution in [-0.4, -0.2) is 19.0 Å². The molecule has 1 aromatic heterocycles. The van der Waals surface area contributed by atoms with Crippen molar-refractivity contribution in [1.82, 2.24) is 10.6 Å². The van der Waals surface area contributed by atoms with Gasteiger partial charge >= 0.3 is 0 Å². The first-order valence-electron chi connectivity index (χ1n) is 6.74. The van der Waals surface area contributed by atoms with E-state index in [9.17, 15) is 4.79 Å². The lowest BCUT2D eigenvalue weighted by atomic mass is 10.1. The quantitative estimate of drug-likeness (QED) is 0.460. The number of nitrogens with one attached hydrogen (secondary N) is 2. The Morgan fingerprint density at radius 1 is 1.17 bits per heavy atom. The SMILES string of the molecule is CC(=O)NCCNCc1cc(-c2cc(N)ccc2N)cs1.Cl.Cl. The van der Waals surface area contributed by atoms with Gasteiger partial charge in [0.05, 0.1) is 0 Å². The van der Waals surface area contributed by atoms with E-state index in [1.54, 1.807) is 17.4 Å². The Hall–Kier alpha value is -1.47. The predicted molar refractivity (Wildman–Crippen MR) is 103 cm³/mol. The van der Waals surface area contributed by atoms with Crippen LogP contribution in [0, 0.1) is 0 Å². The van der Waals surface area contributed by atoms with E-state index in [2.05, 4.69) is 22.1 Å². The molecule has 0 aliphatic carbocycles. The van der Waals surface area contributed by atoms with Gasteiger partial charge in [0.25, 0.3) is 0 Å². The average molecular weight is 377 g/mol. The summed E-state index contributed by atoms with van der Waals surface area (Å²) >= 11 is 1.68. The summed E-state index contributed by atoms with van der Waals surface area (Å²) in [6.45, 7) is 3.66. The second-order valence-electron chi connectivity index (χ2n) is 4.81. The van der Waals surface area contributed by atoms with Gasteiger partial charge in [-0.2, -0.15) is 0 Å². The van der Waals surface area contributed by atoms with Gasteiger partial charge in [0.2, 0.25) is 5.91 Å². The van der Waals surface area contributed by atoms with Crippen LogP contribution in [0.5, 0.6) is 0 Å². The number of nitrogen functional groups attached to an aromatic ring is 2. The van der Waals surface area contributed by atoms with E-state index in [0.717, 1.165) is 29.9 Å². The van der Waals surface area contributed by atoms with Crippen molar-refractivity contribution in [3.63, 3.8) is 0 Å². The number of amides is 1. The molecule has 1 heterocycles. The van der Waals surface area contributed by atoms with E-state index in [0.29, 0.717) is 12.2 Å². The molecule has 0 spiro atoms. The Kier molecular flexibility index (Phi) is 9.67. The summed E-state index contributed by atoms with van der Waals surface area (Å²) in [5.74, 6) is -0.00708. The molecule has 1 aromatic carbocycles. The number of hydrogen-bond acceptors (Lipinski definition) is 5. The summed E-state index contributed by atoms with van der Waals surface area (Å²) in [6.07, 6.45) is 0. The summed E-state index contributed by atoms with van der Waals surface area (Å²) in [4.78, 5) is 12.0. The molecule has 0 bridgehead atoms. The van der Waals surface area contributed by atoms with Gasteiger partial charge in [0, 0.05) is 48.4 Å². The van der Waals surface area contributed by atoms with Gasteiger partial charge in [-0.1, -0.05) is 0 Å². The molecule has 8 heteroatoms. The summed E-state index contributed by atoms with van der Waals surface area (Å²) in [6, 6.07) is 7.63. The molecule has 0 aliphatic heterocycles. The van der Waals surface area contributed by atoms with Crippen molar-refractivity contribution < 1.29 is 4.79 Å². The molecule has 2 rings (SSSR count). The second-order valence-corrected chi connectivity index (χ2v) is 5.80. The first-order valence-corrected chi connectivity index (χ1v) is 7.62. The number of rotatable bonds is 6. The van der Waals surface area contributed by atoms with Crippen molar-refractivity contribution >= 4 is 53.4 Å². The number of carbonyl (C=O) groups excluding carboxylic acids is 1. The van der Waals surface area contributed by atoms with Crippen LogP contribution in [0.3, 0.4) is 0 Å². The van der Waals surface area contributed by atoms with Crippen LogP contribution in [0.15, 0.2) is 29.6 Å². The number of nitrogens with two attached hydrogens (primary N) is 2. The van der Waals surface area contributed by atoms with Crippen LogP contribution < -0.4 is 22.1 Å². The summed E-state index contributed by atoms with van der Waals surface area (Å²) in [5.41, 5.74) is 15.3. The third kappa shape index (κ3) is 6.66. The second kappa shape index (κ2) is 10.3. The normalized spacial score (nSPS) is 9.61. The molecule has 1 amide bonds. The molecule has 23 heavy (non-hydrogen) atoms. The summed E-state index contributed by atoms with van der Waals surface area (Å²) < 4.78 is 0. The number of thiophene rings is 1. The number of halogens is 2. The van der Waals surface area contributed by atoms with Crippen molar-refractivity contribution in [1.29, 1.82) is 0 Å². The van der Waals surface area contributed by atoms with Crippen molar-refractivity contribution in [3.8, 4) is 11.1 Å². The molecule has 0 saturated carbocycles. The molecule has 6 N–H and O–H groups in total. The van der Waals surface area contributed by atoms with Gasteiger partial charge in [0.1, 0.15) is 0 Å². The Labute approximate surface area is 152 Å². The average Bonchev–Trinajstić information content (AvgIpc) is 2.89. The molecular formula is C15H22Cl2N4OS. The van der Waals surface area contributed by atoms with Gasteiger partial charge in [-0.15, -0.1) is 36.2 Å². The van der Waals surface area contributed by atoms with Crippen LogP contribution in [-0.2, 0) is 11.3 Å². The lowest BCUT2D eigenvalue weighted by molar-refractivity contribution is -0.118. The van der Waals surface area contributed by atoms with Crippen LogP contribution in [0.1, 0.15) is 11.8 Å². The Bertz CT molecular complexity index is 634. The molecule has 2 aromatic rings. The topological polar surface area (TPSA) is 93.2 Å². The third-order valence-corrected chi connectivity index (χ3v) is 3.95. The zero-order valence-corrected chi connectivity index (χ0v) is 15.2. The van der Waals surface area contributed by atoms with Crippen LogP contribution in [0.25, 0.3) is 11.1 Å². The predicted octanol–water partition coefficient (Wildman–Crippen LogP) is 2.65. The number of anilines is 2. The molecule has 0 fully saturated rings. The maximum Gasteiger partial charge on any atom is 0.216 e. The molecular weight excluding hydrogens is 355 g/mol. The Balaban J connectivity index is 0.00000242. The summed E-state index contributed by atoms with van der Waals surface area (Å²) in [7, 11) is 0. The van der Waals surface area contributed by atoms with Crippen LogP contribution in [0.4, 0.5) is 11.4 Å². The molecule has 0 aliphatic rings. The lowest BCUT2D eigenvalue weighted by Crippen LogP contribution is -2.29. The molecule has 5 nitrogen and oxygen atoms in total. The minimum atomic E-state index is -0.00708. The van der Waals surface area contributed by atoms with Gasteiger partial charge in [-0.3, -0.25) is 4.79 Å². The highest BCUT2D eigenvalue weighted by molar-refractivity contribution is 7.10. The fourth-order valence-corrected chi connectivity index (χ4v) is 2.83. The largest absolute Gasteiger partial charge is 0.399 e. The first-order chi connectivity index (χ1) is 10.1. The van der Waals surface area contributed by atoms with Crippen molar-refractivity contribution in [2.75, 3.05) is 24.6 Å². The van der Waals surface area contributed by atoms with Gasteiger partial charge < -0.3 is 22.1 Å². The smallest absolute Gasteiger partial charge is 0.216 e. The van der Waals surface area contributed by atoms with E-state index in [1.165, 1.54) is 11.8 Å². The minimum absolute atomic E-state index is 0. The monoisotopic (exact) mass is 376 g/mol. The van der Waals surface area contributed by atoms with Gasteiger partial charge in [-0.05, 0) is 35.2 Å². The highest BCUT2D eigenvalue weighted by Crippen LogP contribution is 2.31. The van der Waals surface area contributed by atoms with Crippen molar-refractivity contribution in [2.45, 2.75) is 13.5 Å². The Morgan fingerprint density at radius 3 is 2.61 bits per heavy atom. The molecule has 128 valence electrons. The van der Waals surface area contributed by atoms with E-state index in [-0.39, 0.29) is 30.7 Å². The van der Waals surface area contributed by atoms with Gasteiger partial charge in [-0.25, -0.2) is 0 Å². The number of benzene rings is 1. The molecule has 0 unspecified atom stereocenters.